The second-order valence-corrected chi connectivity index (χ2v) is 3.75. The number of hydrogen-bond acceptors (Lipinski definition) is 3. The highest BCUT2D eigenvalue weighted by atomic mass is 16.5. The smallest absolute Gasteiger partial charge is 0.142 e. The second-order valence-electron chi connectivity index (χ2n) is 3.75. The molecule has 0 spiro atoms. The van der Waals surface area contributed by atoms with Crippen molar-refractivity contribution >= 4 is 5.69 Å². The normalized spacial score (nSPS) is 12.5. The summed E-state index contributed by atoms with van der Waals surface area (Å²) in [7, 11) is 1.69. The highest BCUT2D eigenvalue weighted by Crippen LogP contribution is 2.23. The van der Waals surface area contributed by atoms with Gasteiger partial charge in [-0.3, -0.25) is 0 Å². The van der Waals surface area contributed by atoms with E-state index in [1.165, 1.54) is 0 Å². The molecule has 3 heteroatoms. The molecule has 0 heterocycles. The Morgan fingerprint density at radius 1 is 1.40 bits per heavy atom. The molecule has 1 atom stereocenters. The molecule has 0 saturated carbocycles. The van der Waals surface area contributed by atoms with E-state index in [0.717, 1.165) is 17.7 Å². The Morgan fingerprint density at radius 3 is 2.80 bits per heavy atom. The van der Waals surface area contributed by atoms with Crippen molar-refractivity contribution in [2.24, 2.45) is 0 Å². The van der Waals surface area contributed by atoms with Crippen LogP contribution in [0.4, 0.5) is 5.69 Å². The Balaban J connectivity index is 2.59. The molecule has 0 radical (unpaired) electrons. The summed E-state index contributed by atoms with van der Waals surface area (Å²) in [6, 6.07) is 5.80. The number of rotatable bonds is 5. The average molecular weight is 209 g/mol. The molecule has 1 aromatic carbocycles. The number of nitrogen functional groups attached to an aromatic ring is 1. The second kappa shape index (κ2) is 5.61. The molecule has 0 aromatic heterocycles. The van der Waals surface area contributed by atoms with E-state index in [2.05, 4.69) is 0 Å². The van der Waals surface area contributed by atoms with Gasteiger partial charge in [-0.25, -0.2) is 0 Å². The molecule has 0 amide bonds. The van der Waals surface area contributed by atoms with E-state index in [4.69, 9.17) is 15.2 Å². The molecule has 0 aliphatic heterocycles. The summed E-state index contributed by atoms with van der Waals surface area (Å²) in [5.41, 5.74) is 7.65. The Bertz CT molecular complexity index is 312. The van der Waals surface area contributed by atoms with Gasteiger partial charge in [0.2, 0.25) is 0 Å². The molecular formula is C12H19NO2. The first kappa shape index (κ1) is 11.9. The van der Waals surface area contributed by atoms with Crippen LogP contribution in [0.25, 0.3) is 0 Å². The largest absolute Gasteiger partial charge is 0.488 e. The molecule has 0 fully saturated rings. The van der Waals surface area contributed by atoms with E-state index in [1.54, 1.807) is 7.11 Å². The van der Waals surface area contributed by atoms with Crippen LogP contribution in [-0.2, 0) is 4.74 Å². The molecule has 84 valence electrons. The van der Waals surface area contributed by atoms with Crippen LogP contribution in [0.5, 0.6) is 5.75 Å². The van der Waals surface area contributed by atoms with Crippen LogP contribution < -0.4 is 10.5 Å². The van der Waals surface area contributed by atoms with Gasteiger partial charge in [0.15, 0.2) is 0 Å². The Morgan fingerprint density at radius 2 is 2.13 bits per heavy atom. The van der Waals surface area contributed by atoms with E-state index < -0.39 is 0 Å². The van der Waals surface area contributed by atoms with Crippen LogP contribution in [-0.4, -0.2) is 19.8 Å². The molecule has 0 aliphatic rings. The first-order chi connectivity index (χ1) is 7.13. The maximum absolute atomic E-state index is 5.81. The zero-order valence-electron chi connectivity index (χ0n) is 9.62. The Labute approximate surface area is 91.2 Å². The fourth-order valence-electron chi connectivity index (χ4n) is 1.30. The maximum Gasteiger partial charge on any atom is 0.142 e. The van der Waals surface area contributed by atoms with Crippen molar-refractivity contribution in [3.8, 4) is 5.75 Å². The topological polar surface area (TPSA) is 44.5 Å². The van der Waals surface area contributed by atoms with Crippen molar-refractivity contribution < 1.29 is 9.47 Å². The highest BCUT2D eigenvalue weighted by molar-refractivity contribution is 5.53. The highest BCUT2D eigenvalue weighted by Gasteiger charge is 2.06. The minimum absolute atomic E-state index is 0.119. The van der Waals surface area contributed by atoms with Gasteiger partial charge in [-0.1, -0.05) is 6.07 Å². The minimum atomic E-state index is 0.119. The van der Waals surface area contributed by atoms with Crippen LogP contribution in [0.15, 0.2) is 18.2 Å². The molecule has 0 aliphatic carbocycles. The fourth-order valence-corrected chi connectivity index (χ4v) is 1.30. The number of nitrogens with two attached hydrogens (primary N) is 1. The van der Waals surface area contributed by atoms with Gasteiger partial charge in [-0.05, 0) is 31.5 Å². The van der Waals surface area contributed by atoms with Gasteiger partial charge in [0.25, 0.3) is 0 Å². The van der Waals surface area contributed by atoms with Gasteiger partial charge in [-0.2, -0.15) is 0 Å². The van der Waals surface area contributed by atoms with E-state index in [-0.39, 0.29) is 6.10 Å². The van der Waals surface area contributed by atoms with Gasteiger partial charge in [0, 0.05) is 20.1 Å². The molecule has 3 nitrogen and oxygen atoms in total. The number of methoxy groups -OCH3 is 1. The summed E-state index contributed by atoms with van der Waals surface area (Å²) in [5, 5.41) is 0. The third-order valence-electron chi connectivity index (χ3n) is 2.23. The third-order valence-corrected chi connectivity index (χ3v) is 2.23. The monoisotopic (exact) mass is 209 g/mol. The van der Waals surface area contributed by atoms with Crippen molar-refractivity contribution in [2.45, 2.75) is 26.4 Å². The SMILES string of the molecule is COCCC(C)Oc1cc(C)ccc1N. The lowest BCUT2D eigenvalue weighted by molar-refractivity contribution is 0.135. The number of ether oxygens (including phenoxy) is 2. The van der Waals surface area contributed by atoms with E-state index in [0.29, 0.717) is 12.3 Å². The van der Waals surface area contributed by atoms with Gasteiger partial charge in [-0.15, -0.1) is 0 Å². The zero-order chi connectivity index (χ0) is 11.3. The molecule has 1 unspecified atom stereocenters. The van der Waals surface area contributed by atoms with Crippen LogP contribution in [0.2, 0.25) is 0 Å². The predicted octanol–water partition coefficient (Wildman–Crippen LogP) is 2.38. The molecular weight excluding hydrogens is 190 g/mol. The predicted molar refractivity (Wildman–Crippen MR) is 62.2 cm³/mol. The number of anilines is 1. The number of benzene rings is 1. The summed E-state index contributed by atoms with van der Waals surface area (Å²) >= 11 is 0. The lowest BCUT2D eigenvalue weighted by atomic mass is 10.2. The van der Waals surface area contributed by atoms with Crippen molar-refractivity contribution in [3.05, 3.63) is 23.8 Å². The summed E-state index contributed by atoms with van der Waals surface area (Å²) in [5.74, 6) is 0.763. The van der Waals surface area contributed by atoms with E-state index in [9.17, 15) is 0 Å². The van der Waals surface area contributed by atoms with Crippen LogP contribution in [0, 0.1) is 6.92 Å². The summed E-state index contributed by atoms with van der Waals surface area (Å²) in [6.45, 7) is 4.74. The summed E-state index contributed by atoms with van der Waals surface area (Å²) < 4.78 is 10.7. The zero-order valence-corrected chi connectivity index (χ0v) is 9.62. The van der Waals surface area contributed by atoms with Crippen molar-refractivity contribution in [3.63, 3.8) is 0 Å². The minimum Gasteiger partial charge on any atom is -0.488 e. The maximum atomic E-state index is 5.81. The third kappa shape index (κ3) is 3.80. The first-order valence-corrected chi connectivity index (χ1v) is 5.15. The van der Waals surface area contributed by atoms with Crippen molar-refractivity contribution in [2.75, 3.05) is 19.5 Å². The quantitative estimate of drug-likeness (QED) is 0.757. The van der Waals surface area contributed by atoms with Gasteiger partial charge < -0.3 is 15.2 Å². The summed E-state index contributed by atoms with van der Waals surface area (Å²) in [6.07, 6.45) is 0.984. The lowest BCUT2D eigenvalue weighted by Gasteiger charge is -2.16. The fraction of sp³-hybridized carbons (Fsp3) is 0.500. The van der Waals surface area contributed by atoms with E-state index >= 15 is 0 Å². The molecule has 15 heavy (non-hydrogen) atoms. The molecule has 0 saturated heterocycles. The summed E-state index contributed by atoms with van der Waals surface area (Å²) in [4.78, 5) is 0. The molecule has 2 N–H and O–H groups in total. The van der Waals surface area contributed by atoms with Crippen LogP contribution in [0.1, 0.15) is 18.9 Å². The van der Waals surface area contributed by atoms with Crippen LogP contribution in [0.3, 0.4) is 0 Å². The Hall–Kier alpha value is -1.22. The molecule has 0 bridgehead atoms. The van der Waals surface area contributed by atoms with Crippen molar-refractivity contribution in [1.82, 2.24) is 0 Å². The lowest BCUT2D eigenvalue weighted by Crippen LogP contribution is -2.15. The molecule has 1 aromatic rings. The van der Waals surface area contributed by atoms with Crippen LogP contribution >= 0.6 is 0 Å². The first-order valence-electron chi connectivity index (χ1n) is 5.15. The van der Waals surface area contributed by atoms with Crippen molar-refractivity contribution in [1.29, 1.82) is 0 Å². The van der Waals surface area contributed by atoms with Gasteiger partial charge >= 0.3 is 0 Å². The molecule has 1 rings (SSSR count). The van der Waals surface area contributed by atoms with Gasteiger partial charge in [0.05, 0.1) is 11.8 Å². The standard InChI is InChI=1S/C12H19NO2/c1-9-4-5-11(13)12(8-9)15-10(2)6-7-14-3/h4-5,8,10H,6-7,13H2,1-3H3. The van der Waals surface area contributed by atoms with Gasteiger partial charge in [0.1, 0.15) is 5.75 Å². The number of aryl methyl sites for hydroxylation is 1. The Kier molecular flexibility index (Phi) is 4.43. The average Bonchev–Trinajstić information content (AvgIpc) is 2.20. The van der Waals surface area contributed by atoms with E-state index in [1.807, 2.05) is 32.0 Å². The number of hydrogen-bond donors (Lipinski definition) is 1.